The Kier molecular flexibility index (Phi) is 5.46. The van der Waals surface area contributed by atoms with Crippen LogP contribution < -0.4 is 10.6 Å². The quantitative estimate of drug-likeness (QED) is 0.691. The van der Waals surface area contributed by atoms with E-state index in [0.29, 0.717) is 27.6 Å². The maximum absolute atomic E-state index is 12.8. The minimum atomic E-state index is -0.536. The molecular weight excluding hydrogens is 378 g/mol. The van der Waals surface area contributed by atoms with Gasteiger partial charge in [0.05, 0.1) is 11.4 Å². The highest BCUT2D eigenvalue weighted by Gasteiger charge is 2.21. The number of carbonyl (C=O) groups excluding carboxylic acids is 2. The number of nitrogens with zero attached hydrogens (tertiary/aromatic N) is 3. The van der Waals surface area contributed by atoms with Gasteiger partial charge in [0.15, 0.2) is 0 Å². The SMILES string of the molecule is CC(C)(C)C(=O)Nc1cccc(C(=O)Nc2cc(Cl)ccc2-n2cncn2)c1. The Morgan fingerprint density at radius 1 is 1.07 bits per heavy atom. The van der Waals surface area contributed by atoms with Crippen molar-refractivity contribution in [3.8, 4) is 5.69 Å². The molecule has 0 spiro atoms. The molecule has 0 saturated heterocycles. The first-order chi connectivity index (χ1) is 13.2. The summed E-state index contributed by atoms with van der Waals surface area (Å²) in [5.74, 6) is -0.469. The average molecular weight is 398 g/mol. The number of benzene rings is 2. The first kappa shape index (κ1) is 19.6. The summed E-state index contributed by atoms with van der Waals surface area (Å²) in [6.07, 6.45) is 2.93. The van der Waals surface area contributed by atoms with E-state index in [4.69, 9.17) is 11.6 Å². The second-order valence-corrected chi connectivity index (χ2v) is 7.68. The number of amides is 2. The lowest BCUT2D eigenvalue weighted by molar-refractivity contribution is -0.123. The van der Waals surface area contributed by atoms with Crippen LogP contribution in [0.15, 0.2) is 55.1 Å². The molecule has 0 aliphatic heterocycles. The van der Waals surface area contributed by atoms with Gasteiger partial charge in [-0.1, -0.05) is 38.4 Å². The fourth-order valence-electron chi connectivity index (χ4n) is 2.39. The Morgan fingerprint density at radius 2 is 1.86 bits per heavy atom. The molecule has 3 rings (SSSR count). The summed E-state index contributed by atoms with van der Waals surface area (Å²) >= 11 is 6.09. The van der Waals surface area contributed by atoms with E-state index in [-0.39, 0.29) is 11.8 Å². The normalized spacial score (nSPS) is 11.1. The largest absolute Gasteiger partial charge is 0.326 e. The molecule has 0 aliphatic carbocycles. The van der Waals surface area contributed by atoms with E-state index in [0.717, 1.165) is 0 Å². The van der Waals surface area contributed by atoms with Crippen molar-refractivity contribution >= 4 is 34.8 Å². The van der Waals surface area contributed by atoms with Crippen LogP contribution >= 0.6 is 11.6 Å². The highest BCUT2D eigenvalue weighted by Crippen LogP contribution is 2.25. The maximum atomic E-state index is 12.8. The van der Waals surface area contributed by atoms with Gasteiger partial charge in [-0.2, -0.15) is 5.10 Å². The van der Waals surface area contributed by atoms with Crippen LogP contribution in [0.1, 0.15) is 31.1 Å². The van der Waals surface area contributed by atoms with Crippen molar-refractivity contribution in [1.82, 2.24) is 14.8 Å². The summed E-state index contributed by atoms with van der Waals surface area (Å²) in [5.41, 5.74) is 1.54. The molecule has 2 amide bonds. The molecule has 2 N–H and O–H groups in total. The van der Waals surface area contributed by atoms with Crippen LogP contribution in [0.5, 0.6) is 0 Å². The number of hydrogen-bond donors (Lipinski definition) is 2. The summed E-state index contributed by atoms with van der Waals surface area (Å²) in [6.45, 7) is 5.47. The zero-order valence-corrected chi connectivity index (χ0v) is 16.5. The molecule has 1 aromatic heterocycles. The first-order valence-electron chi connectivity index (χ1n) is 8.61. The topological polar surface area (TPSA) is 88.9 Å². The van der Waals surface area contributed by atoms with Crippen LogP contribution in [-0.2, 0) is 4.79 Å². The van der Waals surface area contributed by atoms with Crippen LogP contribution in [0.25, 0.3) is 5.69 Å². The van der Waals surface area contributed by atoms with E-state index < -0.39 is 5.41 Å². The van der Waals surface area contributed by atoms with Gasteiger partial charge >= 0.3 is 0 Å². The summed E-state index contributed by atoms with van der Waals surface area (Å²) in [5, 5.41) is 10.2. The summed E-state index contributed by atoms with van der Waals surface area (Å²) in [6, 6.07) is 11.8. The zero-order valence-electron chi connectivity index (χ0n) is 15.7. The van der Waals surface area contributed by atoms with Crippen LogP contribution in [-0.4, -0.2) is 26.6 Å². The second-order valence-electron chi connectivity index (χ2n) is 7.24. The number of aromatic nitrogens is 3. The summed E-state index contributed by atoms with van der Waals surface area (Å²) in [7, 11) is 0. The molecular formula is C20H20ClN5O2. The Labute approximate surface area is 167 Å². The molecule has 0 radical (unpaired) electrons. The molecule has 0 atom stereocenters. The number of nitrogens with one attached hydrogen (secondary N) is 2. The smallest absolute Gasteiger partial charge is 0.255 e. The summed E-state index contributed by atoms with van der Waals surface area (Å²) in [4.78, 5) is 28.9. The molecule has 28 heavy (non-hydrogen) atoms. The van der Waals surface area contributed by atoms with E-state index in [2.05, 4.69) is 20.7 Å². The third-order valence-electron chi connectivity index (χ3n) is 3.94. The Hall–Kier alpha value is -3.19. The minimum Gasteiger partial charge on any atom is -0.326 e. The van der Waals surface area contributed by atoms with Gasteiger partial charge in [-0.25, -0.2) is 9.67 Å². The van der Waals surface area contributed by atoms with E-state index in [1.807, 2.05) is 20.8 Å². The van der Waals surface area contributed by atoms with Gasteiger partial charge in [0, 0.05) is 21.7 Å². The van der Waals surface area contributed by atoms with Gasteiger partial charge < -0.3 is 10.6 Å². The molecule has 0 aliphatic rings. The number of hydrogen-bond acceptors (Lipinski definition) is 4. The molecule has 2 aromatic carbocycles. The number of rotatable bonds is 4. The van der Waals surface area contributed by atoms with Gasteiger partial charge in [-0.05, 0) is 36.4 Å². The Bertz CT molecular complexity index is 1010. The van der Waals surface area contributed by atoms with Gasteiger partial charge in [-0.15, -0.1) is 0 Å². The van der Waals surface area contributed by atoms with Crippen molar-refractivity contribution in [1.29, 1.82) is 0 Å². The zero-order chi connectivity index (χ0) is 20.3. The highest BCUT2D eigenvalue weighted by molar-refractivity contribution is 6.31. The molecule has 0 saturated carbocycles. The fourth-order valence-corrected chi connectivity index (χ4v) is 2.56. The molecule has 8 heteroatoms. The van der Waals surface area contributed by atoms with Gasteiger partial charge in [-0.3, -0.25) is 9.59 Å². The monoisotopic (exact) mass is 397 g/mol. The number of anilines is 2. The van der Waals surface area contributed by atoms with Crippen LogP contribution in [0.2, 0.25) is 5.02 Å². The van der Waals surface area contributed by atoms with Crippen molar-refractivity contribution < 1.29 is 9.59 Å². The van der Waals surface area contributed by atoms with Crippen molar-refractivity contribution in [3.05, 3.63) is 65.7 Å². The van der Waals surface area contributed by atoms with E-state index in [1.54, 1.807) is 42.5 Å². The van der Waals surface area contributed by atoms with E-state index >= 15 is 0 Å². The standard InChI is InChI=1S/C20H20ClN5O2/c1-20(2,3)19(28)24-15-6-4-5-13(9-15)18(27)25-16-10-14(21)7-8-17(16)26-12-22-11-23-26/h4-12H,1-3H3,(H,24,28)(H,25,27). The van der Waals surface area contributed by atoms with Crippen molar-refractivity contribution in [2.24, 2.45) is 5.41 Å². The molecule has 0 unspecified atom stereocenters. The maximum Gasteiger partial charge on any atom is 0.255 e. The lowest BCUT2D eigenvalue weighted by Crippen LogP contribution is -2.27. The Morgan fingerprint density at radius 3 is 2.54 bits per heavy atom. The lowest BCUT2D eigenvalue weighted by atomic mass is 9.95. The van der Waals surface area contributed by atoms with Gasteiger partial charge in [0.2, 0.25) is 5.91 Å². The molecule has 0 bridgehead atoms. The molecule has 7 nitrogen and oxygen atoms in total. The van der Waals surface area contributed by atoms with Crippen LogP contribution in [0.4, 0.5) is 11.4 Å². The predicted molar refractivity (Wildman–Crippen MR) is 109 cm³/mol. The average Bonchev–Trinajstić information content (AvgIpc) is 3.15. The Balaban J connectivity index is 1.84. The summed E-state index contributed by atoms with van der Waals surface area (Å²) < 4.78 is 1.53. The third-order valence-corrected chi connectivity index (χ3v) is 4.17. The van der Waals surface area contributed by atoms with Crippen molar-refractivity contribution in [2.75, 3.05) is 10.6 Å². The second kappa shape index (κ2) is 7.82. The van der Waals surface area contributed by atoms with Crippen LogP contribution in [0.3, 0.4) is 0 Å². The van der Waals surface area contributed by atoms with E-state index in [1.165, 1.54) is 17.3 Å². The number of carbonyl (C=O) groups is 2. The fraction of sp³-hybridized carbons (Fsp3) is 0.200. The lowest BCUT2D eigenvalue weighted by Gasteiger charge is -2.18. The third kappa shape index (κ3) is 4.55. The minimum absolute atomic E-state index is 0.131. The van der Waals surface area contributed by atoms with E-state index in [9.17, 15) is 9.59 Å². The van der Waals surface area contributed by atoms with Crippen molar-refractivity contribution in [2.45, 2.75) is 20.8 Å². The van der Waals surface area contributed by atoms with Gasteiger partial charge in [0.1, 0.15) is 12.7 Å². The first-order valence-corrected chi connectivity index (χ1v) is 8.99. The van der Waals surface area contributed by atoms with Crippen molar-refractivity contribution in [3.63, 3.8) is 0 Å². The highest BCUT2D eigenvalue weighted by atomic mass is 35.5. The predicted octanol–water partition coefficient (Wildman–Crippen LogP) is 4.16. The van der Waals surface area contributed by atoms with Gasteiger partial charge in [0.25, 0.3) is 5.91 Å². The molecule has 1 heterocycles. The van der Waals surface area contributed by atoms with Crippen LogP contribution in [0, 0.1) is 5.41 Å². The molecule has 3 aromatic rings. The molecule has 144 valence electrons. The number of halogens is 1. The molecule has 0 fully saturated rings.